The van der Waals surface area contributed by atoms with Gasteiger partial charge in [0.2, 0.25) is 10.0 Å². The van der Waals surface area contributed by atoms with Crippen molar-refractivity contribution in [3.05, 3.63) is 65.7 Å². The van der Waals surface area contributed by atoms with Crippen molar-refractivity contribution in [2.75, 3.05) is 13.1 Å². The third kappa shape index (κ3) is 3.91. The largest absolute Gasteiger partial charge is 0.454 e. The van der Waals surface area contributed by atoms with Gasteiger partial charge in [0, 0.05) is 13.1 Å². The van der Waals surface area contributed by atoms with Crippen LogP contribution in [0.25, 0.3) is 0 Å². The molecule has 25 heavy (non-hydrogen) atoms. The molecule has 0 saturated carbocycles. The Balaban J connectivity index is 1.78. The zero-order valence-corrected chi connectivity index (χ0v) is 14.9. The van der Waals surface area contributed by atoms with Gasteiger partial charge in [0.1, 0.15) is 6.10 Å². The summed E-state index contributed by atoms with van der Waals surface area (Å²) in [6.45, 7) is 2.85. The standard InChI is InChI=1S/C19H21NO4S/c1-15(16-8-3-2-4-9-16)24-19(21)17-10-7-11-18(14-17)25(22,23)20-12-5-6-13-20/h2-4,7-11,14-15H,5-6,12-13H2,1H3. The predicted molar refractivity (Wildman–Crippen MR) is 94.7 cm³/mol. The first-order chi connectivity index (χ1) is 12.0. The molecular weight excluding hydrogens is 338 g/mol. The van der Waals surface area contributed by atoms with E-state index in [0.717, 1.165) is 18.4 Å². The Bertz CT molecular complexity index is 843. The summed E-state index contributed by atoms with van der Waals surface area (Å²) in [6.07, 6.45) is 1.33. The number of hydrogen-bond donors (Lipinski definition) is 0. The molecule has 1 heterocycles. The van der Waals surface area contributed by atoms with Crippen molar-refractivity contribution in [3.8, 4) is 0 Å². The van der Waals surface area contributed by atoms with Crippen molar-refractivity contribution in [2.24, 2.45) is 0 Å². The monoisotopic (exact) mass is 359 g/mol. The van der Waals surface area contributed by atoms with Crippen molar-refractivity contribution in [1.82, 2.24) is 4.31 Å². The molecule has 1 saturated heterocycles. The highest BCUT2D eigenvalue weighted by Gasteiger charge is 2.28. The lowest BCUT2D eigenvalue weighted by Crippen LogP contribution is -2.28. The van der Waals surface area contributed by atoms with Crippen LogP contribution in [0.15, 0.2) is 59.5 Å². The highest BCUT2D eigenvalue weighted by Crippen LogP contribution is 2.23. The first-order valence-electron chi connectivity index (χ1n) is 8.34. The Kier molecular flexibility index (Phi) is 5.20. The quantitative estimate of drug-likeness (QED) is 0.768. The maximum Gasteiger partial charge on any atom is 0.338 e. The van der Waals surface area contributed by atoms with Gasteiger partial charge in [-0.05, 0) is 43.5 Å². The Labute approximate surface area is 148 Å². The number of carbonyl (C=O) groups excluding carboxylic acids is 1. The summed E-state index contributed by atoms with van der Waals surface area (Å²) in [6, 6.07) is 15.5. The van der Waals surface area contributed by atoms with Gasteiger partial charge >= 0.3 is 5.97 Å². The minimum Gasteiger partial charge on any atom is -0.454 e. The molecule has 0 aliphatic carbocycles. The van der Waals surface area contributed by atoms with E-state index >= 15 is 0 Å². The van der Waals surface area contributed by atoms with Gasteiger partial charge in [-0.2, -0.15) is 4.31 Å². The van der Waals surface area contributed by atoms with E-state index in [1.54, 1.807) is 19.1 Å². The highest BCUT2D eigenvalue weighted by atomic mass is 32.2. The summed E-state index contributed by atoms with van der Waals surface area (Å²) in [5.41, 5.74) is 1.12. The molecule has 3 rings (SSSR count). The smallest absolute Gasteiger partial charge is 0.338 e. The van der Waals surface area contributed by atoms with Gasteiger partial charge in [0.25, 0.3) is 0 Å². The van der Waals surface area contributed by atoms with Gasteiger partial charge in [-0.15, -0.1) is 0 Å². The molecule has 2 aromatic rings. The van der Waals surface area contributed by atoms with Crippen molar-refractivity contribution in [2.45, 2.75) is 30.8 Å². The Morgan fingerprint density at radius 3 is 2.40 bits per heavy atom. The van der Waals surface area contributed by atoms with E-state index in [1.807, 2.05) is 30.3 Å². The second kappa shape index (κ2) is 7.37. The van der Waals surface area contributed by atoms with E-state index < -0.39 is 22.1 Å². The van der Waals surface area contributed by atoms with E-state index in [9.17, 15) is 13.2 Å². The van der Waals surface area contributed by atoms with Gasteiger partial charge in [-0.25, -0.2) is 13.2 Å². The Morgan fingerprint density at radius 2 is 1.72 bits per heavy atom. The Hall–Kier alpha value is -2.18. The maximum atomic E-state index is 12.6. The molecule has 1 fully saturated rings. The molecule has 0 amide bonds. The number of ether oxygens (including phenoxy) is 1. The topological polar surface area (TPSA) is 63.7 Å². The molecule has 6 heteroatoms. The first kappa shape index (κ1) is 17.6. The van der Waals surface area contributed by atoms with Crippen LogP contribution >= 0.6 is 0 Å². The van der Waals surface area contributed by atoms with Crippen LogP contribution in [0.1, 0.15) is 41.8 Å². The minimum atomic E-state index is -3.55. The van der Waals surface area contributed by atoms with Crippen LogP contribution in [0.5, 0.6) is 0 Å². The number of benzene rings is 2. The summed E-state index contributed by atoms with van der Waals surface area (Å²) in [7, 11) is -3.55. The number of nitrogens with zero attached hydrogens (tertiary/aromatic N) is 1. The zero-order chi connectivity index (χ0) is 17.9. The second-order valence-electron chi connectivity index (χ2n) is 6.10. The number of hydrogen-bond acceptors (Lipinski definition) is 4. The first-order valence-corrected chi connectivity index (χ1v) is 9.78. The normalized spacial score (nSPS) is 16.5. The SMILES string of the molecule is CC(OC(=O)c1cccc(S(=O)(=O)N2CCCC2)c1)c1ccccc1. The second-order valence-corrected chi connectivity index (χ2v) is 8.04. The molecule has 2 aromatic carbocycles. The molecule has 0 spiro atoms. The molecular formula is C19H21NO4S. The molecule has 1 unspecified atom stereocenters. The summed E-state index contributed by atoms with van der Waals surface area (Å²) in [5, 5.41) is 0. The van der Waals surface area contributed by atoms with E-state index in [-0.39, 0.29) is 10.5 Å². The van der Waals surface area contributed by atoms with Gasteiger partial charge < -0.3 is 4.74 Å². The number of rotatable bonds is 5. The van der Waals surface area contributed by atoms with Crippen LogP contribution in [0.2, 0.25) is 0 Å². The molecule has 0 N–H and O–H groups in total. The number of carbonyl (C=O) groups is 1. The molecule has 5 nitrogen and oxygen atoms in total. The lowest BCUT2D eigenvalue weighted by atomic mass is 10.1. The minimum absolute atomic E-state index is 0.135. The molecule has 1 atom stereocenters. The summed E-state index contributed by atoms with van der Waals surface area (Å²) < 4.78 is 32.2. The average Bonchev–Trinajstić information content (AvgIpc) is 3.18. The van der Waals surface area contributed by atoms with Crippen molar-refractivity contribution < 1.29 is 17.9 Å². The summed E-state index contributed by atoms with van der Waals surface area (Å²) in [4.78, 5) is 12.5. The third-order valence-corrected chi connectivity index (χ3v) is 6.22. The van der Waals surface area contributed by atoms with Gasteiger partial charge in [0.05, 0.1) is 10.5 Å². The molecule has 1 aliphatic rings. The van der Waals surface area contributed by atoms with Crippen molar-refractivity contribution in [3.63, 3.8) is 0 Å². The van der Waals surface area contributed by atoms with Crippen LogP contribution in [-0.2, 0) is 14.8 Å². The molecule has 1 aliphatic heterocycles. The van der Waals surface area contributed by atoms with E-state index in [1.165, 1.54) is 16.4 Å². The maximum absolute atomic E-state index is 12.6. The summed E-state index contributed by atoms with van der Waals surface area (Å²) in [5.74, 6) is -0.533. The molecule has 0 radical (unpaired) electrons. The molecule has 0 aromatic heterocycles. The fourth-order valence-electron chi connectivity index (χ4n) is 2.88. The Morgan fingerprint density at radius 1 is 1.04 bits per heavy atom. The lowest BCUT2D eigenvalue weighted by molar-refractivity contribution is 0.0337. The van der Waals surface area contributed by atoms with E-state index in [4.69, 9.17) is 4.74 Å². The van der Waals surface area contributed by atoms with Gasteiger partial charge in [0.15, 0.2) is 0 Å². The number of esters is 1. The fourth-order valence-corrected chi connectivity index (χ4v) is 4.45. The van der Waals surface area contributed by atoms with Crippen molar-refractivity contribution >= 4 is 16.0 Å². The molecule has 0 bridgehead atoms. The summed E-state index contributed by atoms with van der Waals surface area (Å²) >= 11 is 0. The van der Waals surface area contributed by atoms with Crippen LogP contribution < -0.4 is 0 Å². The predicted octanol–water partition coefficient (Wildman–Crippen LogP) is 3.39. The highest BCUT2D eigenvalue weighted by molar-refractivity contribution is 7.89. The van der Waals surface area contributed by atoms with Crippen LogP contribution in [0.3, 0.4) is 0 Å². The van der Waals surface area contributed by atoms with E-state index in [0.29, 0.717) is 13.1 Å². The number of sulfonamides is 1. The third-order valence-electron chi connectivity index (χ3n) is 4.33. The van der Waals surface area contributed by atoms with Crippen molar-refractivity contribution in [1.29, 1.82) is 0 Å². The van der Waals surface area contributed by atoms with Crippen LogP contribution in [-0.4, -0.2) is 31.8 Å². The fraction of sp³-hybridized carbons (Fsp3) is 0.316. The average molecular weight is 359 g/mol. The van der Waals surface area contributed by atoms with Crippen LogP contribution in [0, 0.1) is 0 Å². The lowest BCUT2D eigenvalue weighted by Gasteiger charge is -2.17. The van der Waals surface area contributed by atoms with Gasteiger partial charge in [-0.1, -0.05) is 36.4 Å². The zero-order valence-electron chi connectivity index (χ0n) is 14.1. The van der Waals surface area contributed by atoms with Gasteiger partial charge in [-0.3, -0.25) is 0 Å². The molecule has 132 valence electrons. The van der Waals surface area contributed by atoms with Crippen LogP contribution in [0.4, 0.5) is 0 Å². The van der Waals surface area contributed by atoms with E-state index in [2.05, 4.69) is 0 Å².